The first kappa shape index (κ1) is 19.6. The van der Waals surface area contributed by atoms with Crippen molar-refractivity contribution in [3.63, 3.8) is 0 Å². The number of benzene rings is 1. The highest BCUT2D eigenvalue weighted by Gasteiger charge is 2.35. The summed E-state index contributed by atoms with van der Waals surface area (Å²) in [5.41, 5.74) is 0.0636. The van der Waals surface area contributed by atoms with Gasteiger partial charge in [-0.2, -0.15) is 17.5 Å². The molecular formula is C17H18F3N3O3S. The Bertz CT molecular complexity index is 812. The number of β-amino-alcohol motifs (C(OH)–C–C–N with tert-alkyl or cyclic N) is 1. The molecule has 2 heterocycles. The van der Waals surface area contributed by atoms with Crippen molar-refractivity contribution < 1.29 is 27.8 Å². The number of halogens is 3. The molecule has 1 aliphatic rings. The van der Waals surface area contributed by atoms with Crippen LogP contribution in [-0.2, 0) is 10.9 Å². The minimum Gasteiger partial charge on any atom is -0.391 e. The Morgan fingerprint density at radius 3 is 2.96 bits per heavy atom. The Morgan fingerprint density at radius 1 is 1.48 bits per heavy atom. The van der Waals surface area contributed by atoms with Gasteiger partial charge < -0.3 is 20.1 Å². The zero-order valence-electron chi connectivity index (χ0n) is 14.4. The van der Waals surface area contributed by atoms with E-state index in [1.165, 1.54) is 24.1 Å². The molecule has 2 amide bonds. The number of aliphatic hydroxyl groups excluding tert-OH is 1. The molecule has 1 aliphatic heterocycles. The molecule has 2 N–H and O–H groups in total. The summed E-state index contributed by atoms with van der Waals surface area (Å²) in [4.78, 5) is 14.1. The van der Waals surface area contributed by atoms with Crippen LogP contribution in [0.1, 0.15) is 12.0 Å². The summed E-state index contributed by atoms with van der Waals surface area (Å²) < 4.78 is 48.0. The van der Waals surface area contributed by atoms with Gasteiger partial charge in [0.25, 0.3) is 0 Å². The summed E-state index contributed by atoms with van der Waals surface area (Å²) in [7, 11) is 1.51. The van der Waals surface area contributed by atoms with Gasteiger partial charge in [0.15, 0.2) is 0 Å². The number of aromatic nitrogens is 1. The van der Waals surface area contributed by atoms with Crippen LogP contribution in [0.15, 0.2) is 29.6 Å². The lowest BCUT2D eigenvalue weighted by Gasteiger charge is -2.24. The molecule has 1 aromatic carbocycles. The van der Waals surface area contributed by atoms with E-state index >= 15 is 0 Å². The number of rotatable bonds is 4. The van der Waals surface area contributed by atoms with E-state index in [-0.39, 0.29) is 30.5 Å². The number of methoxy groups -OCH3 is 1. The Morgan fingerprint density at radius 2 is 2.26 bits per heavy atom. The Balaban J connectivity index is 1.81. The minimum absolute atomic E-state index is 0.163. The molecule has 0 spiro atoms. The highest BCUT2D eigenvalue weighted by Crippen LogP contribution is 2.35. The van der Waals surface area contributed by atoms with Gasteiger partial charge in [-0.15, -0.1) is 0 Å². The van der Waals surface area contributed by atoms with Gasteiger partial charge in [-0.3, -0.25) is 0 Å². The van der Waals surface area contributed by atoms with Gasteiger partial charge >= 0.3 is 12.2 Å². The van der Waals surface area contributed by atoms with Crippen LogP contribution in [0, 0.1) is 0 Å². The third-order valence-electron chi connectivity index (χ3n) is 4.29. The minimum atomic E-state index is -4.46. The number of amides is 2. The number of urea groups is 1. The molecule has 1 fully saturated rings. The standard InChI is InChI=1S/C17H18F3N3O3S/c1-26-8-12-6-13(24)7-23(12)16(25)21-14-9-27-22-15(14)10-3-2-4-11(5-10)17(18,19)20/h2-5,9,12-13,24H,6-8H2,1H3,(H,21,25)/t12-,13-/m1/s1. The molecule has 10 heteroatoms. The van der Waals surface area contributed by atoms with E-state index in [9.17, 15) is 23.1 Å². The highest BCUT2D eigenvalue weighted by atomic mass is 32.1. The molecule has 0 bridgehead atoms. The average molecular weight is 401 g/mol. The van der Waals surface area contributed by atoms with Crippen molar-refractivity contribution in [2.45, 2.75) is 24.7 Å². The van der Waals surface area contributed by atoms with Gasteiger partial charge in [-0.05, 0) is 30.1 Å². The smallest absolute Gasteiger partial charge is 0.391 e. The van der Waals surface area contributed by atoms with Crippen molar-refractivity contribution in [3.8, 4) is 11.3 Å². The molecule has 27 heavy (non-hydrogen) atoms. The first-order valence-corrected chi connectivity index (χ1v) is 9.00. The molecule has 0 unspecified atom stereocenters. The van der Waals surface area contributed by atoms with Crippen LogP contribution < -0.4 is 5.32 Å². The second-order valence-corrected chi connectivity index (χ2v) is 6.87. The number of carbonyl (C=O) groups excluding carboxylic acids is 1. The van der Waals surface area contributed by atoms with Crippen molar-refractivity contribution in [3.05, 3.63) is 35.2 Å². The van der Waals surface area contributed by atoms with Crippen molar-refractivity contribution >= 4 is 23.3 Å². The number of carbonyl (C=O) groups is 1. The number of nitrogens with zero attached hydrogens (tertiary/aromatic N) is 2. The molecule has 6 nitrogen and oxygen atoms in total. The van der Waals surface area contributed by atoms with Gasteiger partial charge in [0.2, 0.25) is 0 Å². The third-order valence-corrected chi connectivity index (χ3v) is 4.92. The Labute approximate surface area is 157 Å². The molecular weight excluding hydrogens is 383 g/mol. The average Bonchev–Trinajstić information content (AvgIpc) is 3.21. The maximum absolute atomic E-state index is 12.9. The summed E-state index contributed by atoms with van der Waals surface area (Å²) in [5.74, 6) is 0. The summed E-state index contributed by atoms with van der Waals surface area (Å²) in [6, 6.07) is 4.06. The second kappa shape index (κ2) is 7.83. The normalized spacial score (nSPS) is 20.1. The summed E-state index contributed by atoms with van der Waals surface area (Å²) >= 11 is 1.03. The van der Waals surface area contributed by atoms with Crippen LogP contribution >= 0.6 is 11.5 Å². The molecule has 1 saturated heterocycles. The van der Waals surface area contributed by atoms with Crippen LogP contribution in [0.5, 0.6) is 0 Å². The van der Waals surface area contributed by atoms with Crippen LogP contribution in [-0.4, -0.2) is 52.8 Å². The van der Waals surface area contributed by atoms with E-state index in [1.807, 2.05) is 0 Å². The third kappa shape index (κ3) is 4.40. The van der Waals surface area contributed by atoms with Crippen LogP contribution in [0.4, 0.5) is 23.7 Å². The molecule has 0 radical (unpaired) electrons. The molecule has 1 aromatic heterocycles. The number of hydrogen-bond acceptors (Lipinski definition) is 5. The number of alkyl halides is 3. The maximum atomic E-state index is 12.9. The summed E-state index contributed by atoms with van der Waals surface area (Å²) in [6.07, 6.45) is -4.70. The summed E-state index contributed by atoms with van der Waals surface area (Å²) in [5, 5.41) is 14.1. The van der Waals surface area contributed by atoms with Gasteiger partial charge in [0, 0.05) is 24.6 Å². The number of anilines is 1. The zero-order chi connectivity index (χ0) is 19.6. The number of hydrogen-bond donors (Lipinski definition) is 2. The van der Waals surface area contributed by atoms with E-state index in [0.29, 0.717) is 12.1 Å². The first-order valence-electron chi connectivity index (χ1n) is 8.16. The topological polar surface area (TPSA) is 74.7 Å². The number of nitrogens with one attached hydrogen (secondary N) is 1. The second-order valence-electron chi connectivity index (χ2n) is 6.24. The van der Waals surface area contributed by atoms with Crippen molar-refractivity contribution in [1.82, 2.24) is 9.27 Å². The zero-order valence-corrected chi connectivity index (χ0v) is 15.2. The Hall–Kier alpha value is -2.17. The van der Waals surface area contributed by atoms with E-state index < -0.39 is 23.9 Å². The molecule has 2 aromatic rings. The van der Waals surface area contributed by atoms with Crippen molar-refractivity contribution in [2.75, 3.05) is 25.6 Å². The molecule has 146 valence electrons. The molecule has 0 saturated carbocycles. The number of likely N-dealkylation sites (tertiary alicyclic amines) is 1. The van der Waals surface area contributed by atoms with Crippen LogP contribution in [0.2, 0.25) is 0 Å². The first-order chi connectivity index (χ1) is 12.8. The van der Waals surface area contributed by atoms with E-state index in [0.717, 1.165) is 23.7 Å². The maximum Gasteiger partial charge on any atom is 0.416 e. The predicted octanol–water partition coefficient (Wildman–Crippen LogP) is 3.44. The van der Waals surface area contributed by atoms with Gasteiger partial charge in [-0.25, -0.2) is 4.79 Å². The molecule has 0 aliphatic carbocycles. The highest BCUT2D eigenvalue weighted by molar-refractivity contribution is 7.04. The number of ether oxygens (including phenoxy) is 1. The lowest BCUT2D eigenvalue weighted by molar-refractivity contribution is -0.137. The van der Waals surface area contributed by atoms with Gasteiger partial charge in [-0.1, -0.05) is 12.1 Å². The van der Waals surface area contributed by atoms with Crippen LogP contribution in [0.25, 0.3) is 11.3 Å². The van der Waals surface area contributed by atoms with Crippen molar-refractivity contribution in [2.24, 2.45) is 0 Å². The van der Waals surface area contributed by atoms with E-state index in [2.05, 4.69) is 9.69 Å². The summed E-state index contributed by atoms with van der Waals surface area (Å²) in [6.45, 7) is 0.448. The predicted molar refractivity (Wildman–Crippen MR) is 94.6 cm³/mol. The largest absolute Gasteiger partial charge is 0.416 e. The molecule has 3 rings (SSSR count). The fourth-order valence-electron chi connectivity index (χ4n) is 3.05. The quantitative estimate of drug-likeness (QED) is 0.823. The fourth-order valence-corrected chi connectivity index (χ4v) is 3.69. The SMILES string of the molecule is COC[C@H]1C[C@@H](O)CN1C(=O)Nc1csnc1-c1cccc(C(F)(F)F)c1. The monoisotopic (exact) mass is 401 g/mol. The van der Waals surface area contributed by atoms with Crippen molar-refractivity contribution in [1.29, 1.82) is 0 Å². The number of aliphatic hydroxyl groups is 1. The Kier molecular flexibility index (Phi) is 5.68. The van der Waals surface area contributed by atoms with Crippen LogP contribution in [0.3, 0.4) is 0 Å². The lowest BCUT2D eigenvalue weighted by atomic mass is 10.1. The fraction of sp³-hybridized carbons (Fsp3) is 0.412. The van der Waals surface area contributed by atoms with Gasteiger partial charge in [0.05, 0.1) is 30.0 Å². The van der Waals surface area contributed by atoms with E-state index in [1.54, 1.807) is 5.38 Å². The van der Waals surface area contributed by atoms with E-state index in [4.69, 9.17) is 4.74 Å². The van der Waals surface area contributed by atoms with Gasteiger partial charge in [0.1, 0.15) is 5.69 Å². The molecule has 2 atom stereocenters. The lowest BCUT2D eigenvalue weighted by Crippen LogP contribution is -2.41.